The Kier molecular flexibility index (Phi) is 4.36. The number of aromatic nitrogens is 1. The van der Waals surface area contributed by atoms with Crippen molar-refractivity contribution in [3.63, 3.8) is 0 Å². The van der Waals surface area contributed by atoms with E-state index in [9.17, 15) is 0 Å². The van der Waals surface area contributed by atoms with Gasteiger partial charge < -0.3 is 9.30 Å². The molecule has 9 aromatic rings. The van der Waals surface area contributed by atoms with Gasteiger partial charge in [0.25, 0.3) is 0 Å². The molecule has 9 rings (SSSR count). The third kappa shape index (κ3) is 2.82. The van der Waals surface area contributed by atoms with Crippen LogP contribution in [-0.2, 0) is 0 Å². The van der Waals surface area contributed by atoms with Crippen molar-refractivity contribution < 1.29 is 0 Å². The standard InChI is InChI=1S/C38H24N2/c1-3-12-27(13-4-1)39(28-14-5-2-6-15-28)33-19-10-20-34-37(33)31-17-9-11-25-21-22-26-23-24-30-29-16-7-8-18-32(29)40(34)38(30)36(26)35(25)31/h1-24H. The first kappa shape index (κ1) is 21.6. The van der Waals surface area contributed by atoms with Gasteiger partial charge in [-0.15, -0.1) is 0 Å². The average molecular weight is 509 g/mol. The molecule has 0 spiro atoms. The van der Waals surface area contributed by atoms with Gasteiger partial charge in [-0.3, -0.25) is 0 Å². The number of anilines is 3. The van der Waals surface area contributed by atoms with Crippen LogP contribution in [0, 0.1) is 0 Å². The number of fused-ring (bicyclic) bond motifs is 6. The molecule has 0 unspecified atom stereocenters. The first-order chi connectivity index (χ1) is 19.9. The Balaban J connectivity index is 1.60. The average Bonchev–Trinajstić information content (AvgIpc) is 3.29. The summed E-state index contributed by atoms with van der Waals surface area (Å²) in [6.07, 6.45) is 0. The van der Waals surface area contributed by atoms with Crippen molar-refractivity contribution >= 4 is 76.7 Å². The second-order valence-corrected chi connectivity index (χ2v) is 10.6. The van der Waals surface area contributed by atoms with Crippen molar-refractivity contribution in [2.24, 2.45) is 0 Å². The van der Waals surface area contributed by atoms with Crippen LogP contribution in [0.1, 0.15) is 0 Å². The Labute approximate surface area is 231 Å². The summed E-state index contributed by atoms with van der Waals surface area (Å²) in [5.74, 6) is 0. The Bertz CT molecular complexity index is 2330. The van der Waals surface area contributed by atoms with E-state index >= 15 is 0 Å². The van der Waals surface area contributed by atoms with Crippen LogP contribution in [0.25, 0.3) is 59.6 Å². The number of para-hydroxylation sites is 3. The number of hydrogen-bond acceptors (Lipinski definition) is 1. The van der Waals surface area contributed by atoms with Crippen molar-refractivity contribution in [3.05, 3.63) is 146 Å². The molecule has 0 radical (unpaired) electrons. The minimum Gasteiger partial charge on any atom is -0.310 e. The highest BCUT2D eigenvalue weighted by Crippen LogP contribution is 2.46. The molecule has 0 atom stereocenters. The van der Waals surface area contributed by atoms with Crippen molar-refractivity contribution in [2.45, 2.75) is 0 Å². The van der Waals surface area contributed by atoms with E-state index in [0.717, 1.165) is 17.1 Å². The molecule has 40 heavy (non-hydrogen) atoms. The van der Waals surface area contributed by atoms with Gasteiger partial charge in [0.1, 0.15) is 0 Å². The fourth-order valence-electron chi connectivity index (χ4n) is 6.86. The lowest BCUT2D eigenvalue weighted by molar-refractivity contribution is 1.29. The Morgan fingerprint density at radius 2 is 0.975 bits per heavy atom. The Hall–Kier alpha value is -5.34. The normalized spacial score (nSPS) is 12.0. The zero-order chi connectivity index (χ0) is 26.2. The summed E-state index contributed by atoms with van der Waals surface area (Å²) in [4.78, 5) is 2.40. The van der Waals surface area contributed by atoms with Crippen LogP contribution in [0.4, 0.5) is 17.1 Å². The summed E-state index contributed by atoms with van der Waals surface area (Å²) in [7, 11) is 0. The number of nitrogens with zero attached hydrogens (tertiary/aromatic N) is 2. The minimum absolute atomic E-state index is 1.14. The van der Waals surface area contributed by atoms with E-state index < -0.39 is 0 Å². The third-order valence-corrected chi connectivity index (χ3v) is 8.46. The van der Waals surface area contributed by atoms with Gasteiger partial charge in [-0.25, -0.2) is 0 Å². The van der Waals surface area contributed by atoms with Crippen LogP contribution < -0.4 is 4.90 Å². The van der Waals surface area contributed by atoms with Gasteiger partial charge in [0.15, 0.2) is 0 Å². The highest BCUT2D eigenvalue weighted by Gasteiger charge is 2.22. The molecule has 0 saturated heterocycles. The second kappa shape index (κ2) is 8.08. The fourth-order valence-corrected chi connectivity index (χ4v) is 6.86. The van der Waals surface area contributed by atoms with Crippen LogP contribution in [0.2, 0.25) is 0 Å². The molecule has 2 aromatic heterocycles. The van der Waals surface area contributed by atoms with Crippen LogP contribution >= 0.6 is 0 Å². The molecule has 7 aromatic carbocycles. The molecule has 2 nitrogen and oxygen atoms in total. The van der Waals surface area contributed by atoms with Crippen molar-refractivity contribution in [1.82, 2.24) is 4.40 Å². The molecule has 186 valence electrons. The first-order valence-corrected chi connectivity index (χ1v) is 13.8. The van der Waals surface area contributed by atoms with Gasteiger partial charge in [-0.05, 0) is 64.0 Å². The van der Waals surface area contributed by atoms with Gasteiger partial charge in [-0.2, -0.15) is 0 Å². The molecule has 0 aliphatic rings. The third-order valence-electron chi connectivity index (χ3n) is 8.46. The maximum atomic E-state index is 2.51. The SMILES string of the molecule is c1ccc(N(c2ccccc2)c2cccc3c2c2cccc4ccc5ccc6c7ccccc7n3c6c5c42)cc1. The van der Waals surface area contributed by atoms with Crippen molar-refractivity contribution in [3.8, 4) is 0 Å². The van der Waals surface area contributed by atoms with Gasteiger partial charge in [-0.1, -0.05) is 103 Å². The quantitative estimate of drug-likeness (QED) is 0.215. The molecular formula is C38H24N2. The number of benzene rings is 7. The Morgan fingerprint density at radius 3 is 1.75 bits per heavy atom. The topological polar surface area (TPSA) is 7.65 Å². The predicted molar refractivity (Wildman–Crippen MR) is 171 cm³/mol. The monoisotopic (exact) mass is 508 g/mol. The highest BCUT2D eigenvalue weighted by atomic mass is 15.1. The van der Waals surface area contributed by atoms with Crippen LogP contribution in [0.15, 0.2) is 146 Å². The van der Waals surface area contributed by atoms with Crippen molar-refractivity contribution in [1.29, 1.82) is 0 Å². The number of hydrogen-bond donors (Lipinski definition) is 0. The van der Waals surface area contributed by atoms with E-state index in [1.54, 1.807) is 0 Å². The van der Waals surface area contributed by atoms with E-state index in [1.807, 2.05) is 0 Å². The first-order valence-electron chi connectivity index (χ1n) is 13.8. The molecule has 2 heteroatoms. The minimum atomic E-state index is 1.14. The van der Waals surface area contributed by atoms with Gasteiger partial charge >= 0.3 is 0 Å². The van der Waals surface area contributed by atoms with E-state index in [0.29, 0.717) is 0 Å². The van der Waals surface area contributed by atoms with E-state index in [-0.39, 0.29) is 0 Å². The zero-order valence-electron chi connectivity index (χ0n) is 21.8. The van der Waals surface area contributed by atoms with Crippen LogP contribution in [0.3, 0.4) is 0 Å². The molecule has 0 amide bonds. The molecule has 0 aliphatic carbocycles. The maximum Gasteiger partial charge on any atom is 0.0626 e. The molecule has 2 heterocycles. The molecular weight excluding hydrogens is 484 g/mol. The van der Waals surface area contributed by atoms with E-state index in [1.165, 1.54) is 59.6 Å². The largest absolute Gasteiger partial charge is 0.310 e. The molecule has 0 aliphatic heterocycles. The fraction of sp³-hybridized carbons (Fsp3) is 0. The number of rotatable bonds is 3. The lowest BCUT2D eigenvalue weighted by Crippen LogP contribution is -2.10. The highest BCUT2D eigenvalue weighted by molar-refractivity contribution is 6.33. The lowest BCUT2D eigenvalue weighted by atomic mass is 9.95. The Morgan fingerprint density at radius 1 is 0.375 bits per heavy atom. The van der Waals surface area contributed by atoms with E-state index in [2.05, 4.69) is 155 Å². The second-order valence-electron chi connectivity index (χ2n) is 10.6. The van der Waals surface area contributed by atoms with E-state index in [4.69, 9.17) is 0 Å². The van der Waals surface area contributed by atoms with Crippen LogP contribution in [-0.4, -0.2) is 4.40 Å². The summed E-state index contributed by atoms with van der Waals surface area (Å²) in [5, 5.41) is 10.3. The van der Waals surface area contributed by atoms with Gasteiger partial charge in [0, 0.05) is 32.9 Å². The van der Waals surface area contributed by atoms with Crippen LogP contribution in [0.5, 0.6) is 0 Å². The molecule has 0 saturated carbocycles. The predicted octanol–water partition coefficient (Wildman–Crippen LogP) is 10.6. The zero-order valence-corrected chi connectivity index (χ0v) is 21.8. The smallest absolute Gasteiger partial charge is 0.0626 e. The van der Waals surface area contributed by atoms with Gasteiger partial charge in [0.05, 0.1) is 22.2 Å². The summed E-state index contributed by atoms with van der Waals surface area (Å²) >= 11 is 0. The summed E-state index contributed by atoms with van der Waals surface area (Å²) in [6, 6.07) is 53.0. The summed E-state index contributed by atoms with van der Waals surface area (Å²) in [5.41, 5.74) is 7.17. The van der Waals surface area contributed by atoms with Crippen molar-refractivity contribution in [2.75, 3.05) is 4.90 Å². The maximum absolute atomic E-state index is 2.51. The molecule has 0 fully saturated rings. The van der Waals surface area contributed by atoms with Gasteiger partial charge in [0.2, 0.25) is 0 Å². The molecule has 0 N–H and O–H groups in total. The lowest BCUT2D eigenvalue weighted by Gasteiger charge is -2.27. The summed E-state index contributed by atoms with van der Waals surface area (Å²) < 4.78 is 2.51. The summed E-state index contributed by atoms with van der Waals surface area (Å²) in [6.45, 7) is 0. The molecule has 0 bridgehead atoms.